The van der Waals surface area contributed by atoms with Gasteiger partial charge in [-0.2, -0.15) is 0 Å². The third-order valence-corrected chi connectivity index (χ3v) is 14.0. The van der Waals surface area contributed by atoms with Crippen LogP contribution in [0.5, 0.6) is 5.75 Å². The van der Waals surface area contributed by atoms with Crippen LogP contribution in [-0.2, 0) is 5.41 Å². The lowest BCUT2D eigenvalue weighted by Gasteiger charge is -2.46. The van der Waals surface area contributed by atoms with Crippen LogP contribution >= 0.6 is 0 Å². The minimum Gasteiger partial charge on any atom is -0.480 e. The molecule has 13 rings (SSSR count). The molecule has 62 heavy (non-hydrogen) atoms. The Labute approximate surface area is 360 Å². The van der Waals surface area contributed by atoms with Gasteiger partial charge < -0.3 is 14.5 Å². The first kappa shape index (κ1) is 35.3. The van der Waals surface area contributed by atoms with Gasteiger partial charge in [0.1, 0.15) is 11.6 Å². The van der Waals surface area contributed by atoms with Crippen molar-refractivity contribution in [1.82, 2.24) is 0 Å². The lowest BCUT2D eigenvalue weighted by Crippen LogP contribution is -2.37. The molecule has 5 aliphatic rings. The number of ether oxygens (including phenoxy) is 1. The van der Waals surface area contributed by atoms with E-state index in [1.54, 1.807) is 0 Å². The number of halogens is 1. The maximum absolute atomic E-state index is 15.6. The SMILES string of the molecule is Cc1ccccc1N(c1cccc2c1OC1C(F)=CC=CC21)c1cc2c(c3ccccc13)-c1c(ccc3ccccc13)C21c2ccccc2N(C2=CC=CCC2)c2ccccc21. The van der Waals surface area contributed by atoms with Crippen LogP contribution < -0.4 is 14.5 Å². The topological polar surface area (TPSA) is 15.7 Å². The van der Waals surface area contributed by atoms with E-state index in [4.69, 9.17) is 4.74 Å². The van der Waals surface area contributed by atoms with Crippen molar-refractivity contribution in [2.45, 2.75) is 37.2 Å². The molecule has 8 aromatic rings. The van der Waals surface area contributed by atoms with Crippen molar-refractivity contribution in [1.29, 1.82) is 0 Å². The number of hydrogen-bond acceptors (Lipinski definition) is 3. The van der Waals surface area contributed by atoms with Gasteiger partial charge in [-0.25, -0.2) is 4.39 Å². The average Bonchev–Trinajstić information content (AvgIpc) is 3.86. The summed E-state index contributed by atoms with van der Waals surface area (Å²) in [4.78, 5) is 4.91. The van der Waals surface area contributed by atoms with E-state index >= 15 is 4.39 Å². The summed E-state index contributed by atoms with van der Waals surface area (Å²) < 4.78 is 22.3. The number of benzene rings is 8. The predicted molar refractivity (Wildman–Crippen MR) is 252 cm³/mol. The van der Waals surface area contributed by atoms with Crippen molar-refractivity contribution in [2.75, 3.05) is 9.80 Å². The fraction of sp³-hybridized carbons (Fsp3) is 0.103. The molecule has 8 aromatic carbocycles. The van der Waals surface area contributed by atoms with Crippen LogP contribution in [0.25, 0.3) is 32.7 Å². The summed E-state index contributed by atoms with van der Waals surface area (Å²) in [5, 5.41) is 4.78. The van der Waals surface area contributed by atoms with Crippen molar-refractivity contribution in [3.63, 3.8) is 0 Å². The molecule has 296 valence electrons. The standard InChI is InChI=1S/C58H41FN2O/c1-36-17-5-12-29-49(36)61(52-32-16-25-43-42-24-15-28-48(59)56(42)62-57(43)52)53-35-47-55(41-23-9-8-22-40(41)53)54-39-21-7-6-18-37(39)33-34-46(54)58(47)44-26-10-13-30-50(44)60(38-19-3-2-4-20-38)51-31-14-11-27-45(51)58/h2-3,5-19,21-35,42,56H,4,20H2,1H3. The summed E-state index contributed by atoms with van der Waals surface area (Å²) >= 11 is 0. The molecule has 0 fully saturated rings. The number of anilines is 5. The Balaban J connectivity index is 1.18. The van der Waals surface area contributed by atoms with Crippen molar-refractivity contribution in [3.05, 3.63) is 239 Å². The van der Waals surface area contributed by atoms with Crippen LogP contribution in [0.1, 0.15) is 52.1 Å². The van der Waals surface area contributed by atoms with Crippen LogP contribution in [-0.4, -0.2) is 6.10 Å². The van der Waals surface area contributed by atoms with Gasteiger partial charge in [-0.1, -0.05) is 152 Å². The van der Waals surface area contributed by atoms with Crippen molar-refractivity contribution >= 4 is 50.0 Å². The van der Waals surface area contributed by atoms with Crippen LogP contribution in [0.4, 0.5) is 32.8 Å². The zero-order valence-electron chi connectivity index (χ0n) is 34.2. The minimum absolute atomic E-state index is 0.204. The molecule has 0 saturated heterocycles. The van der Waals surface area contributed by atoms with E-state index in [2.05, 4.69) is 199 Å². The van der Waals surface area contributed by atoms with E-state index in [0.717, 1.165) is 46.4 Å². The summed E-state index contributed by atoms with van der Waals surface area (Å²) in [6.07, 6.45) is 13.5. The third-order valence-electron chi connectivity index (χ3n) is 14.0. The van der Waals surface area contributed by atoms with Crippen molar-refractivity contribution in [3.8, 4) is 16.9 Å². The molecule has 2 unspecified atom stereocenters. The van der Waals surface area contributed by atoms with E-state index in [9.17, 15) is 0 Å². The monoisotopic (exact) mass is 800 g/mol. The first-order valence-corrected chi connectivity index (χ1v) is 21.8. The summed E-state index contributed by atoms with van der Waals surface area (Å²) in [6, 6.07) is 58.1. The molecule has 0 saturated carbocycles. The van der Waals surface area contributed by atoms with Crippen LogP contribution in [0.15, 0.2) is 206 Å². The molecule has 4 heteroatoms. The van der Waals surface area contributed by atoms with Gasteiger partial charge in [0.25, 0.3) is 0 Å². The van der Waals surface area contributed by atoms with E-state index < -0.39 is 11.5 Å². The number of hydrogen-bond donors (Lipinski definition) is 0. The number of fused-ring (bicyclic) bond motifs is 16. The maximum atomic E-state index is 15.6. The zero-order valence-corrected chi connectivity index (χ0v) is 34.2. The number of allylic oxidation sites excluding steroid dienone is 6. The van der Waals surface area contributed by atoms with Gasteiger partial charge in [0.15, 0.2) is 6.10 Å². The molecule has 0 radical (unpaired) electrons. The van der Waals surface area contributed by atoms with Gasteiger partial charge >= 0.3 is 0 Å². The highest BCUT2D eigenvalue weighted by molar-refractivity contribution is 6.17. The Hall–Kier alpha value is -7.43. The molecule has 0 bridgehead atoms. The minimum atomic E-state index is -0.689. The van der Waals surface area contributed by atoms with E-state index in [0.29, 0.717) is 5.75 Å². The smallest absolute Gasteiger partial charge is 0.160 e. The van der Waals surface area contributed by atoms with E-state index in [-0.39, 0.29) is 11.7 Å². The Morgan fingerprint density at radius 2 is 1.31 bits per heavy atom. The predicted octanol–water partition coefficient (Wildman–Crippen LogP) is 15.1. The second-order valence-electron chi connectivity index (χ2n) is 17.1. The first-order valence-electron chi connectivity index (χ1n) is 21.8. The molecule has 2 aliphatic heterocycles. The fourth-order valence-corrected chi connectivity index (χ4v) is 11.5. The molecule has 3 nitrogen and oxygen atoms in total. The summed E-state index contributed by atoms with van der Waals surface area (Å²) in [5.74, 6) is 0.262. The Morgan fingerprint density at radius 3 is 2.10 bits per heavy atom. The molecular weight excluding hydrogens is 760 g/mol. The van der Waals surface area contributed by atoms with E-state index in [1.165, 1.54) is 72.7 Å². The average molecular weight is 801 g/mol. The Kier molecular flexibility index (Phi) is 7.57. The molecule has 2 atom stereocenters. The number of nitrogens with zero attached hydrogens (tertiary/aromatic N) is 2. The van der Waals surface area contributed by atoms with Gasteiger partial charge in [0.05, 0.1) is 28.2 Å². The Morgan fingerprint density at radius 1 is 0.613 bits per heavy atom. The molecule has 3 aliphatic carbocycles. The lowest BCUT2D eigenvalue weighted by molar-refractivity contribution is 0.223. The molecule has 0 N–H and O–H groups in total. The molecular formula is C58H41FN2O. The third kappa shape index (κ3) is 4.69. The van der Waals surface area contributed by atoms with Gasteiger partial charge in [-0.15, -0.1) is 0 Å². The maximum Gasteiger partial charge on any atom is 0.160 e. The fourth-order valence-electron chi connectivity index (χ4n) is 11.5. The molecule has 0 aromatic heterocycles. The zero-order chi connectivity index (χ0) is 41.1. The van der Waals surface area contributed by atoms with Gasteiger partial charge in [0.2, 0.25) is 0 Å². The van der Waals surface area contributed by atoms with E-state index in [1.807, 2.05) is 6.08 Å². The molecule has 0 amide bonds. The summed E-state index contributed by atoms with van der Waals surface area (Å²) in [5.41, 5.74) is 15.7. The van der Waals surface area contributed by atoms with Gasteiger partial charge in [-0.3, -0.25) is 0 Å². The second-order valence-corrected chi connectivity index (χ2v) is 17.1. The highest BCUT2D eigenvalue weighted by Gasteiger charge is 2.53. The first-order chi connectivity index (χ1) is 30.6. The quantitative estimate of drug-likeness (QED) is 0.176. The second kappa shape index (κ2) is 13.3. The molecule has 2 heterocycles. The summed E-state index contributed by atoms with van der Waals surface area (Å²) in [7, 11) is 0. The van der Waals surface area contributed by atoms with Crippen LogP contribution in [0.3, 0.4) is 0 Å². The Bertz CT molecular complexity index is 3300. The highest BCUT2D eigenvalue weighted by atomic mass is 19.1. The van der Waals surface area contributed by atoms with Crippen molar-refractivity contribution < 1.29 is 9.13 Å². The highest BCUT2D eigenvalue weighted by Crippen LogP contribution is 2.66. The number of aryl methyl sites for hydroxylation is 1. The van der Waals surface area contributed by atoms with Crippen LogP contribution in [0.2, 0.25) is 0 Å². The number of rotatable bonds is 4. The van der Waals surface area contributed by atoms with Crippen molar-refractivity contribution in [2.24, 2.45) is 0 Å². The summed E-state index contributed by atoms with van der Waals surface area (Å²) in [6.45, 7) is 2.17. The largest absolute Gasteiger partial charge is 0.480 e. The normalized spacial score (nSPS) is 18.3. The van der Waals surface area contributed by atoms with Gasteiger partial charge in [-0.05, 0) is 117 Å². The van der Waals surface area contributed by atoms with Crippen LogP contribution in [0, 0.1) is 6.92 Å². The molecule has 1 spiro atoms. The lowest BCUT2D eigenvalue weighted by atomic mass is 9.64. The number of para-hydroxylation sites is 4. The van der Waals surface area contributed by atoms with Gasteiger partial charge in [0, 0.05) is 28.3 Å².